The van der Waals surface area contributed by atoms with Crippen LogP contribution in [0.15, 0.2) is 35.1 Å². The number of hydrogen-bond donors (Lipinski definition) is 2. The molecule has 1 atom stereocenters. The summed E-state index contributed by atoms with van der Waals surface area (Å²) in [6.45, 7) is 1.77. The lowest BCUT2D eigenvalue weighted by atomic mass is 10.2. The van der Waals surface area contributed by atoms with E-state index in [1.54, 1.807) is 18.3 Å². The number of carbonyl (C=O) groups excluding carboxylic acids is 1. The number of furan rings is 1. The zero-order valence-electron chi connectivity index (χ0n) is 12.0. The molecule has 7 heteroatoms. The summed E-state index contributed by atoms with van der Waals surface area (Å²) in [5.41, 5.74) is 5.97. The van der Waals surface area contributed by atoms with E-state index in [0.717, 1.165) is 18.8 Å². The third kappa shape index (κ3) is 3.08. The van der Waals surface area contributed by atoms with E-state index < -0.39 is 0 Å². The maximum atomic E-state index is 12.2. The predicted molar refractivity (Wildman–Crippen MR) is 83.9 cm³/mol. The molecule has 0 aromatic carbocycles. The zero-order chi connectivity index (χ0) is 15.5. The maximum absolute atomic E-state index is 12.2. The molecule has 0 spiro atoms. The predicted octanol–water partition coefficient (Wildman–Crippen LogP) is 1.80. The van der Waals surface area contributed by atoms with Crippen LogP contribution in [0.1, 0.15) is 22.5 Å². The van der Waals surface area contributed by atoms with Crippen molar-refractivity contribution in [1.29, 1.82) is 0 Å². The molecule has 0 radical (unpaired) electrons. The van der Waals surface area contributed by atoms with Crippen molar-refractivity contribution in [1.82, 2.24) is 10.3 Å². The van der Waals surface area contributed by atoms with Crippen LogP contribution >= 0.6 is 11.6 Å². The van der Waals surface area contributed by atoms with Crippen molar-refractivity contribution in [3.8, 4) is 0 Å². The number of carbonyl (C=O) groups is 1. The Hall–Kier alpha value is -2.05. The number of nitrogens with zero attached hydrogens (tertiary/aromatic N) is 2. The molecular weight excluding hydrogens is 304 g/mol. The molecule has 1 amide bonds. The topological polar surface area (TPSA) is 84.4 Å². The van der Waals surface area contributed by atoms with Crippen molar-refractivity contribution >= 4 is 23.3 Å². The van der Waals surface area contributed by atoms with Gasteiger partial charge in [-0.3, -0.25) is 4.79 Å². The molecule has 3 N–H and O–H groups in total. The van der Waals surface area contributed by atoms with Gasteiger partial charge in [-0.25, -0.2) is 4.98 Å². The molecule has 6 nitrogen and oxygen atoms in total. The van der Waals surface area contributed by atoms with Gasteiger partial charge in [0.05, 0.1) is 17.1 Å². The van der Waals surface area contributed by atoms with Crippen molar-refractivity contribution in [3.63, 3.8) is 0 Å². The van der Waals surface area contributed by atoms with Crippen LogP contribution in [0.25, 0.3) is 0 Å². The highest BCUT2D eigenvalue weighted by Gasteiger charge is 2.26. The van der Waals surface area contributed by atoms with Gasteiger partial charge in [0.15, 0.2) is 0 Å². The Balaban J connectivity index is 1.61. The zero-order valence-corrected chi connectivity index (χ0v) is 12.7. The summed E-state index contributed by atoms with van der Waals surface area (Å²) in [7, 11) is 0. The number of hydrogen-bond acceptors (Lipinski definition) is 5. The summed E-state index contributed by atoms with van der Waals surface area (Å²) >= 11 is 6.16. The maximum Gasteiger partial charge on any atom is 0.254 e. The second-order valence-corrected chi connectivity index (χ2v) is 5.63. The Morgan fingerprint density at radius 2 is 2.45 bits per heavy atom. The molecule has 1 aliphatic heterocycles. The number of halogens is 1. The van der Waals surface area contributed by atoms with Crippen LogP contribution in [0.5, 0.6) is 0 Å². The van der Waals surface area contributed by atoms with E-state index in [0.29, 0.717) is 22.9 Å². The van der Waals surface area contributed by atoms with E-state index >= 15 is 0 Å². The minimum atomic E-state index is -0.151. The van der Waals surface area contributed by atoms with Gasteiger partial charge in [-0.05, 0) is 24.6 Å². The van der Waals surface area contributed by atoms with Crippen LogP contribution in [-0.2, 0) is 6.54 Å². The number of pyridine rings is 1. The molecular formula is C15H17ClN4O2. The lowest BCUT2D eigenvalue weighted by molar-refractivity contribution is 0.0940. The summed E-state index contributed by atoms with van der Waals surface area (Å²) in [5.74, 6) is 1.20. The Labute approximate surface area is 133 Å². The van der Waals surface area contributed by atoms with Crippen LogP contribution in [0.4, 0.5) is 5.82 Å². The highest BCUT2D eigenvalue weighted by molar-refractivity contribution is 6.32. The van der Waals surface area contributed by atoms with Gasteiger partial charge in [0.2, 0.25) is 0 Å². The van der Waals surface area contributed by atoms with Gasteiger partial charge < -0.3 is 20.4 Å². The van der Waals surface area contributed by atoms with Crippen molar-refractivity contribution in [2.45, 2.75) is 19.0 Å². The molecule has 1 unspecified atom stereocenters. The summed E-state index contributed by atoms with van der Waals surface area (Å²) in [6, 6.07) is 5.34. The second-order valence-electron chi connectivity index (χ2n) is 5.22. The molecule has 1 fully saturated rings. The first-order valence-corrected chi connectivity index (χ1v) is 7.49. The minimum Gasteiger partial charge on any atom is -0.467 e. The molecule has 22 heavy (non-hydrogen) atoms. The standard InChI is InChI=1S/C15H17ClN4O2/c16-13-2-1-4-18-14(13)20-5-3-11(8-20)19-15(21)10-6-12(7-17)22-9-10/h1-2,4,6,9,11H,3,5,7-8,17H2,(H,19,21). The van der Waals surface area contributed by atoms with E-state index in [1.807, 2.05) is 6.07 Å². The second kappa shape index (κ2) is 6.37. The number of nitrogens with one attached hydrogen (secondary N) is 1. The fourth-order valence-electron chi connectivity index (χ4n) is 2.56. The average molecular weight is 321 g/mol. The summed E-state index contributed by atoms with van der Waals surface area (Å²) in [4.78, 5) is 18.5. The number of nitrogens with two attached hydrogens (primary N) is 1. The lowest BCUT2D eigenvalue weighted by Gasteiger charge is -2.18. The van der Waals surface area contributed by atoms with E-state index in [4.69, 9.17) is 21.8 Å². The summed E-state index contributed by atoms with van der Waals surface area (Å²) in [5, 5.41) is 3.62. The Morgan fingerprint density at radius 1 is 1.59 bits per heavy atom. The van der Waals surface area contributed by atoms with Crippen LogP contribution in [-0.4, -0.2) is 30.0 Å². The minimum absolute atomic E-state index is 0.0572. The molecule has 3 heterocycles. The summed E-state index contributed by atoms with van der Waals surface area (Å²) in [6.07, 6.45) is 3.99. The fraction of sp³-hybridized carbons (Fsp3) is 0.333. The quantitative estimate of drug-likeness (QED) is 0.897. The van der Waals surface area contributed by atoms with Crippen LogP contribution in [0.3, 0.4) is 0 Å². The van der Waals surface area contributed by atoms with Crippen LogP contribution in [0, 0.1) is 0 Å². The monoisotopic (exact) mass is 320 g/mol. The van der Waals surface area contributed by atoms with E-state index in [1.165, 1.54) is 6.26 Å². The van der Waals surface area contributed by atoms with Gasteiger partial charge in [-0.2, -0.15) is 0 Å². The Bertz CT molecular complexity index is 673. The van der Waals surface area contributed by atoms with E-state index in [2.05, 4.69) is 15.2 Å². The molecule has 1 saturated heterocycles. The van der Waals surface area contributed by atoms with E-state index in [9.17, 15) is 4.79 Å². The van der Waals surface area contributed by atoms with Gasteiger partial charge in [-0.1, -0.05) is 11.6 Å². The van der Waals surface area contributed by atoms with Crippen LogP contribution < -0.4 is 16.0 Å². The number of rotatable bonds is 4. The Morgan fingerprint density at radius 3 is 3.18 bits per heavy atom. The molecule has 116 valence electrons. The van der Waals surface area contributed by atoms with Crippen LogP contribution in [0.2, 0.25) is 5.02 Å². The van der Waals surface area contributed by atoms with Crippen molar-refractivity contribution < 1.29 is 9.21 Å². The van der Waals surface area contributed by atoms with Gasteiger partial charge >= 0.3 is 0 Å². The van der Waals surface area contributed by atoms with Gasteiger partial charge in [0.1, 0.15) is 17.8 Å². The van der Waals surface area contributed by atoms with Gasteiger partial charge in [-0.15, -0.1) is 0 Å². The average Bonchev–Trinajstić information content (AvgIpc) is 3.16. The molecule has 2 aromatic rings. The molecule has 3 rings (SSSR count). The lowest BCUT2D eigenvalue weighted by Crippen LogP contribution is -2.37. The third-order valence-electron chi connectivity index (χ3n) is 3.68. The third-order valence-corrected chi connectivity index (χ3v) is 3.97. The summed E-state index contributed by atoms with van der Waals surface area (Å²) < 4.78 is 5.18. The molecule has 2 aromatic heterocycles. The van der Waals surface area contributed by atoms with Gasteiger partial charge in [0, 0.05) is 25.3 Å². The van der Waals surface area contributed by atoms with E-state index in [-0.39, 0.29) is 18.5 Å². The van der Waals surface area contributed by atoms with Crippen molar-refractivity contribution in [2.75, 3.05) is 18.0 Å². The molecule has 0 bridgehead atoms. The fourth-order valence-corrected chi connectivity index (χ4v) is 2.80. The highest BCUT2D eigenvalue weighted by atomic mass is 35.5. The largest absolute Gasteiger partial charge is 0.467 e. The first-order valence-electron chi connectivity index (χ1n) is 7.11. The number of anilines is 1. The number of amides is 1. The molecule has 0 saturated carbocycles. The normalized spacial score (nSPS) is 17.7. The smallest absolute Gasteiger partial charge is 0.254 e. The van der Waals surface area contributed by atoms with Gasteiger partial charge in [0.25, 0.3) is 5.91 Å². The first-order chi connectivity index (χ1) is 10.7. The SMILES string of the molecule is NCc1cc(C(=O)NC2CCN(c3ncccc3Cl)C2)co1. The van der Waals surface area contributed by atoms with Crippen molar-refractivity contribution in [3.05, 3.63) is 47.0 Å². The number of aromatic nitrogens is 1. The van der Waals surface area contributed by atoms with Crippen molar-refractivity contribution in [2.24, 2.45) is 5.73 Å². The first kappa shape index (κ1) is 14.9. The molecule has 0 aliphatic carbocycles. The highest BCUT2D eigenvalue weighted by Crippen LogP contribution is 2.25. The Kier molecular flexibility index (Phi) is 4.31. The molecule has 1 aliphatic rings.